The van der Waals surface area contributed by atoms with Gasteiger partial charge in [0.25, 0.3) is 0 Å². The third-order valence-electron chi connectivity index (χ3n) is 5.46. The van der Waals surface area contributed by atoms with E-state index in [9.17, 15) is 30.7 Å². The Morgan fingerprint density at radius 3 is 1.81 bits per heavy atom. The zero-order chi connectivity index (χ0) is 27.4. The maximum Gasteiger partial charge on any atom is 0.416 e. The fraction of sp³-hybridized carbons (Fsp3) is 0.192. The monoisotopic (exact) mass is 538 g/mol. The number of aromatic nitrogens is 2. The van der Waals surface area contributed by atoms with Gasteiger partial charge in [-0.3, -0.25) is 0 Å². The van der Waals surface area contributed by atoms with Crippen LogP contribution in [-0.4, -0.2) is 17.4 Å². The summed E-state index contributed by atoms with van der Waals surface area (Å²) in [5.41, 5.74) is 0.422. The van der Waals surface area contributed by atoms with Crippen LogP contribution in [0.25, 0.3) is 5.69 Å². The van der Waals surface area contributed by atoms with Gasteiger partial charge in [-0.05, 0) is 48.4 Å². The zero-order valence-electron chi connectivity index (χ0n) is 19.3. The first kappa shape index (κ1) is 28.3. The topological polar surface area (TPSA) is 17.8 Å². The molecule has 0 N–H and O–H groups in total. The van der Waals surface area contributed by atoms with Crippen molar-refractivity contribution in [2.45, 2.75) is 31.5 Å². The molecule has 4 rings (SSSR count). The van der Waals surface area contributed by atoms with Crippen LogP contribution in [-0.2, 0) is 12.4 Å². The molecule has 2 nitrogen and oxygen atoms in total. The van der Waals surface area contributed by atoms with Gasteiger partial charge in [-0.15, -0.1) is 0 Å². The molecule has 0 unspecified atom stereocenters. The molecule has 0 aliphatic heterocycles. The fourth-order valence-electron chi connectivity index (χ4n) is 3.62. The third kappa shape index (κ3) is 7.16. The molecule has 0 fully saturated rings. The second-order valence-corrected chi connectivity index (χ2v) is 8.44. The summed E-state index contributed by atoms with van der Waals surface area (Å²) in [6.45, 7) is 1.91. The van der Waals surface area contributed by atoms with Crippen molar-refractivity contribution in [3.63, 3.8) is 0 Å². The standard InChI is InChI=1S/C16H11BF6.C10H8ClFN2/c17-9-14(10-3-1-5-12(7-10)15(18,19)20)11-4-2-6-13(8-11)16(21,22)23;1-7-5-13-6-14(7)10-3-2-8(12)4-9(10)11/h1-8,14H,9H2;2-6H,1H3. The van der Waals surface area contributed by atoms with Gasteiger partial charge in [0.05, 0.1) is 36.0 Å². The molecule has 2 radical (unpaired) electrons. The number of halogens is 8. The number of nitrogens with zero attached hydrogens (tertiary/aromatic N) is 2. The van der Waals surface area contributed by atoms with Gasteiger partial charge >= 0.3 is 12.4 Å². The Hall–Kier alpha value is -3.27. The summed E-state index contributed by atoms with van der Waals surface area (Å²) in [7, 11) is 5.59. The Labute approximate surface area is 215 Å². The van der Waals surface area contributed by atoms with Crippen molar-refractivity contribution in [3.8, 4) is 5.69 Å². The molecule has 37 heavy (non-hydrogen) atoms. The Balaban J connectivity index is 0.000000231. The van der Waals surface area contributed by atoms with Gasteiger partial charge in [-0.1, -0.05) is 54.3 Å². The summed E-state index contributed by atoms with van der Waals surface area (Å²) in [6.07, 6.45) is -5.79. The average molecular weight is 539 g/mol. The van der Waals surface area contributed by atoms with Gasteiger partial charge in [0.15, 0.2) is 0 Å². The normalized spacial score (nSPS) is 11.8. The first-order chi connectivity index (χ1) is 17.3. The molecule has 11 heteroatoms. The summed E-state index contributed by atoms with van der Waals surface area (Å²) in [4.78, 5) is 3.97. The largest absolute Gasteiger partial charge is 0.416 e. The highest BCUT2D eigenvalue weighted by Crippen LogP contribution is 2.36. The lowest BCUT2D eigenvalue weighted by molar-refractivity contribution is -0.138. The lowest BCUT2D eigenvalue weighted by Crippen LogP contribution is -2.09. The van der Waals surface area contributed by atoms with Gasteiger partial charge in [-0.25, -0.2) is 9.37 Å². The van der Waals surface area contributed by atoms with E-state index >= 15 is 0 Å². The summed E-state index contributed by atoms with van der Waals surface area (Å²) in [5.74, 6) is -1.09. The number of benzene rings is 3. The molecular weight excluding hydrogens is 520 g/mol. The van der Waals surface area contributed by atoms with Crippen LogP contribution in [0, 0.1) is 12.7 Å². The minimum absolute atomic E-state index is 0.109. The Bertz CT molecular complexity index is 1290. The van der Waals surface area contributed by atoms with Crippen molar-refractivity contribution < 1.29 is 30.7 Å². The van der Waals surface area contributed by atoms with Crippen LogP contribution in [0.1, 0.15) is 33.9 Å². The van der Waals surface area contributed by atoms with E-state index in [0.29, 0.717) is 5.02 Å². The molecular formula is C26H19BClF7N2. The van der Waals surface area contributed by atoms with Crippen LogP contribution >= 0.6 is 11.6 Å². The molecule has 0 amide bonds. The molecule has 0 aliphatic carbocycles. The summed E-state index contributed by atoms with van der Waals surface area (Å²) in [6, 6.07) is 13.2. The lowest BCUT2D eigenvalue weighted by atomic mass is 9.80. The van der Waals surface area contributed by atoms with Crippen LogP contribution in [0.4, 0.5) is 30.7 Å². The van der Waals surface area contributed by atoms with Gasteiger partial charge < -0.3 is 4.57 Å². The molecule has 0 spiro atoms. The van der Waals surface area contributed by atoms with Gasteiger partial charge in [0, 0.05) is 17.8 Å². The molecule has 1 heterocycles. The number of imidazole rings is 1. The van der Waals surface area contributed by atoms with Crippen LogP contribution in [0.2, 0.25) is 11.3 Å². The fourth-order valence-corrected chi connectivity index (χ4v) is 3.88. The summed E-state index contributed by atoms with van der Waals surface area (Å²) < 4.78 is 91.3. The molecule has 0 saturated heterocycles. The molecule has 3 aromatic carbocycles. The van der Waals surface area contributed by atoms with E-state index in [1.807, 2.05) is 11.5 Å². The quantitative estimate of drug-likeness (QED) is 0.188. The van der Waals surface area contributed by atoms with E-state index in [-0.39, 0.29) is 23.3 Å². The van der Waals surface area contributed by atoms with Crippen molar-refractivity contribution in [3.05, 3.63) is 118 Å². The molecule has 1 aromatic heterocycles. The molecule has 4 aromatic rings. The van der Waals surface area contributed by atoms with Crippen LogP contribution < -0.4 is 0 Å². The number of rotatable bonds is 4. The Morgan fingerprint density at radius 1 is 0.865 bits per heavy atom. The maximum absolute atomic E-state index is 12.8. The molecule has 0 aliphatic rings. The summed E-state index contributed by atoms with van der Waals surface area (Å²) in [5, 5.41) is 0.381. The van der Waals surface area contributed by atoms with Gasteiger partial charge in [0.2, 0.25) is 0 Å². The summed E-state index contributed by atoms with van der Waals surface area (Å²) >= 11 is 5.90. The van der Waals surface area contributed by atoms with Gasteiger partial charge in [0.1, 0.15) is 5.82 Å². The number of alkyl halides is 6. The lowest BCUT2D eigenvalue weighted by Gasteiger charge is -2.19. The number of hydrogen-bond acceptors (Lipinski definition) is 1. The van der Waals surface area contributed by atoms with E-state index in [1.54, 1.807) is 18.6 Å². The number of aryl methyl sites for hydroxylation is 1. The highest BCUT2D eigenvalue weighted by atomic mass is 35.5. The van der Waals surface area contributed by atoms with Crippen molar-refractivity contribution in [2.75, 3.05) is 0 Å². The Kier molecular flexibility index (Phi) is 8.74. The van der Waals surface area contributed by atoms with Crippen LogP contribution in [0.3, 0.4) is 0 Å². The second-order valence-electron chi connectivity index (χ2n) is 8.04. The average Bonchev–Trinajstić information content (AvgIpc) is 3.25. The highest BCUT2D eigenvalue weighted by molar-refractivity contribution is 6.32. The smallest absolute Gasteiger partial charge is 0.302 e. The van der Waals surface area contributed by atoms with Crippen LogP contribution in [0.5, 0.6) is 0 Å². The van der Waals surface area contributed by atoms with Gasteiger partial charge in [-0.2, -0.15) is 26.3 Å². The Morgan fingerprint density at radius 2 is 1.41 bits per heavy atom. The van der Waals surface area contributed by atoms with E-state index in [2.05, 4.69) is 4.98 Å². The first-order valence-corrected chi connectivity index (χ1v) is 11.2. The van der Waals surface area contributed by atoms with Crippen molar-refractivity contribution >= 4 is 19.4 Å². The van der Waals surface area contributed by atoms with Crippen molar-refractivity contribution in [2.24, 2.45) is 0 Å². The third-order valence-corrected chi connectivity index (χ3v) is 5.76. The van der Waals surface area contributed by atoms with E-state index in [1.165, 1.54) is 36.4 Å². The predicted molar refractivity (Wildman–Crippen MR) is 129 cm³/mol. The van der Waals surface area contributed by atoms with Crippen molar-refractivity contribution in [1.82, 2.24) is 9.55 Å². The second kappa shape index (κ2) is 11.4. The molecule has 192 valence electrons. The van der Waals surface area contributed by atoms with E-state index < -0.39 is 29.4 Å². The van der Waals surface area contributed by atoms with Crippen LogP contribution in [0.15, 0.2) is 79.3 Å². The first-order valence-electron chi connectivity index (χ1n) is 10.8. The van der Waals surface area contributed by atoms with Crippen molar-refractivity contribution in [1.29, 1.82) is 0 Å². The predicted octanol–water partition coefficient (Wildman–Crippen LogP) is 8.42. The van der Waals surface area contributed by atoms with E-state index in [0.717, 1.165) is 35.6 Å². The number of hydrogen-bond donors (Lipinski definition) is 0. The minimum atomic E-state index is -4.52. The highest BCUT2D eigenvalue weighted by Gasteiger charge is 2.32. The zero-order valence-corrected chi connectivity index (χ0v) is 20.0. The molecule has 0 atom stereocenters. The maximum atomic E-state index is 12.8. The van der Waals surface area contributed by atoms with E-state index in [4.69, 9.17) is 19.4 Å². The molecule has 0 saturated carbocycles. The minimum Gasteiger partial charge on any atom is -0.302 e. The SMILES string of the molecule is Cc1cncn1-c1ccc(F)cc1Cl.[B]CC(c1cccc(C(F)(F)F)c1)c1cccc(C(F)(F)F)c1. The molecule has 0 bridgehead atoms.